The van der Waals surface area contributed by atoms with Gasteiger partial charge in [-0.2, -0.15) is 5.10 Å². The summed E-state index contributed by atoms with van der Waals surface area (Å²) in [5.41, 5.74) is 8.34. The van der Waals surface area contributed by atoms with Gasteiger partial charge in [0, 0.05) is 5.02 Å². The van der Waals surface area contributed by atoms with E-state index in [0.29, 0.717) is 28.7 Å². The predicted molar refractivity (Wildman–Crippen MR) is 131 cm³/mol. The van der Waals surface area contributed by atoms with E-state index >= 15 is 0 Å². The van der Waals surface area contributed by atoms with Crippen molar-refractivity contribution in [3.8, 4) is 11.5 Å². The molecule has 0 saturated carbocycles. The van der Waals surface area contributed by atoms with Gasteiger partial charge in [0.2, 0.25) is 0 Å². The topological polar surface area (TPSA) is 132 Å². The van der Waals surface area contributed by atoms with Crippen LogP contribution in [0.15, 0.2) is 41.5 Å². The number of hydrazone groups is 1. The lowest BCUT2D eigenvalue weighted by Crippen LogP contribution is -2.48. The molecular weight excluding hydrogens is 483 g/mol. The van der Waals surface area contributed by atoms with Gasteiger partial charge in [-0.1, -0.05) is 37.0 Å². The van der Waals surface area contributed by atoms with E-state index in [2.05, 4.69) is 15.8 Å². The molecule has 1 unspecified atom stereocenters. The number of amides is 3. The van der Waals surface area contributed by atoms with E-state index in [0.717, 1.165) is 0 Å². The summed E-state index contributed by atoms with van der Waals surface area (Å²) in [6.07, 6.45) is 1.41. The van der Waals surface area contributed by atoms with Crippen LogP contribution >= 0.6 is 23.2 Å². The molecule has 0 fully saturated rings. The van der Waals surface area contributed by atoms with Crippen LogP contribution < -0.4 is 25.9 Å². The number of nitrogens with one attached hydrogen (secondary N) is 2. The van der Waals surface area contributed by atoms with Crippen LogP contribution in [-0.4, -0.2) is 43.2 Å². The quantitative estimate of drug-likeness (QED) is 0.316. The molecule has 0 aliphatic heterocycles. The van der Waals surface area contributed by atoms with Crippen LogP contribution in [0, 0.1) is 5.92 Å². The molecule has 0 aromatic heterocycles. The Morgan fingerprint density at radius 2 is 1.82 bits per heavy atom. The number of nitrogens with zero attached hydrogens (tertiary/aromatic N) is 1. The van der Waals surface area contributed by atoms with Crippen LogP contribution in [0.2, 0.25) is 10.0 Å². The summed E-state index contributed by atoms with van der Waals surface area (Å²) >= 11 is 12.0. The van der Waals surface area contributed by atoms with E-state index in [1.54, 1.807) is 39.0 Å². The fraction of sp³-hybridized carbons (Fsp3) is 0.304. The van der Waals surface area contributed by atoms with Crippen molar-refractivity contribution in [1.82, 2.24) is 10.7 Å². The van der Waals surface area contributed by atoms with E-state index in [1.807, 2.05) is 0 Å². The van der Waals surface area contributed by atoms with Crippen LogP contribution in [0.25, 0.3) is 0 Å². The number of benzene rings is 2. The maximum absolute atomic E-state index is 12.7. The molecule has 0 saturated heterocycles. The Morgan fingerprint density at radius 3 is 2.44 bits per heavy atom. The molecule has 0 heterocycles. The molecule has 0 aliphatic carbocycles. The molecule has 1 atom stereocenters. The number of hydrogen-bond acceptors (Lipinski definition) is 6. The lowest BCUT2D eigenvalue weighted by atomic mass is 10.0. The molecular formula is C23H26Cl2N4O5. The standard InChI is InChI=1S/C23H26Cl2N4O5/c1-4-33-19-9-14(5-8-18(19)34-12-20(26)30)11-27-29-23(32)21(13(2)3)28-22(31)16-7-6-15(24)10-17(16)25/h5-11,13,21H,4,12H2,1-3H3,(H2,26,30)(H,28,31)(H,29,32)/b27-11+. The van der Waals surface area contributed by atoms with Crippen LogP contribution in [-0.2, 0) is 9.59 Å². The third-order valence-corrected chi connectivity index (χ3v) is 4.99. The fourth-order valence-electron chi connectivity index (χ4n) is 2.81. The Morgan fingerprint density at radius 1 is 1.09 bits per heavy atom. The zero-order valence-corrected chi connectivity index (χ0v) is 20.4. The maximum atomic E-state index is 12.7. The first-order valence-electron chi connectivity index (χ1n) is 10.4. The summed E-state index contributed by atoms with van der Waals surface area (Å²) in [5.74, 6) is -1.10. The molecule has 11 heteroatoms. The largest absolute Gasteiger partial charge is 0.490 e. The van der Waals surface area contributed by atoms with E-state index in [9.17, 15) is 14.4 Å². The molecule has 4 N–H and O–H groups in total. The van der Waals surface area contributed by atoms with E-state index in [4.69, 9.17) is 38.4 Å². The minimum Gasteiger partial charge on any atom is -0.490 e. The lowest BCUT2D eigenvalue weighted by molar-refractivity contribution is -0.124. The van der Waals surface area contributed by atoms with Crippen molar-refractivity contribution in [2.75, 3.05) is 13.2 Å². The Balaban J connectivity index is 2.07. The summed E-state index contributed by atoms with van der Waals surface area (Å²) < 4.78 is 10.8. The predicted octanol–water partition coefficient (Wildman–Crippen LogP) is 3.16. The van der Waals surface area contributed by atoms with Crippen LogP contribution in [0.5, 0.6) is 11.5 Å². The number of hydrogen-bond donors (Lipinski definition) is 3. The van der Waals surface area contributed by atoms with Crippen molar-refractivity contribution in [2.45, 2.75) is 26.8 Å². The number of primary amides is 1. The van der Waals surface area contributed by atoms with Gasteiger partial charge in [-0.3, -0.25) is 14.4 Å². The van der Waals surface area contributed by atoms with Gasteiger partial charge in [0.25, 0.3) is 17.7 Å². The average molecular weight is 509 g/mol. The second-order valence-electron chi connectivity index (χ2n) is 7.45. The number of nitrogens with two attached hydrogens (primary N) is 1. The number of halogens is 2. The third kappa shape index (κ3) is 7.93. The molecule has 3 amide bonds. The summed E-state index contributed by atoms with van der Waals surface area (Å²) in [6.45, 7) is 5.47. The van der Waals surface area contributed by atoms with Crippen molar-refractivity contribution in [3.63, 3.8) is 0 Å². The zero-order chi connectivity index (χ0) is 25.3. The van der Waals surface area contributed by atoms with Gasteiger partial charge < -0.3 is 20.5 Å². The van der Waals surface area contributed by atoms with Gasteiger partial charge in [0.15, 0.2) is 18.1 Å². The van der Waals surface area contributed by atoms with Gasteiger partial charge in [-0.25, -0.2) is 5.43 Å². The first-order chi connectivity index (χ1) is 16.1. The number of ether oxygens (including phenoxy) is 2. The van der Waals surface area contributed by atoms with Crippen molar-refractivity contribution < 1.29 is 23.9 Å². The van der Waals surface area contributed by atoms with E-state index in [1.165, 1.54) is 24.4 Å². The molecule has 2 rings (SSSR count). The summed E-state index contributed by atoms with van der Waals surface area (Å²) in [6, 6.07) is 8.52. The fourth-order valence-corrected chi connectivity index (χ4v) is 3.30. The van der Waals surface area contributed by atoms with Crippen LogP contribution in [0.3, 0.4) is 0 Å². The monoisotopic (exact) mass is 508 g/mol. The first kappa shape index (κ1) is 26.9. The van der Waals surface area contributed by atoms with Crippen molar-refractivity contribution in [3.05, 3.63) is 57.6 Å². The van der Waals surface area contributed by atoms with Gasteiger partial charge >= 0.3 is 0 Å². The molecule has 0 bridgehead atoms. The second kappa shape index (κ2) is 12.8. The van der Waals surface area contributed by atoms with E-state index in [-0.39, 0.29) is 23.1 Å². The third-order valence-electron chi connectivity index (χ3n) is 4.44. The number of carbonyl (C=O) groups is 3. The Bertz CT molecular complexity index is 1080. The highest BCUT2D eigenvalue weighted by molar-refractivity contribution is 6.36. The minimum absolute atomic E-state index is 0.180. The normalized spacial score (nSPS) is 11.8. The molecule has 34 heavy (non-hydrogen) atoms. The highest BCUT2D eigenvalue weighted by Crippen LogP contribution is 2.28. The van der Waals surface area contributed by atoms with E-state index < -0.39 is 23.8 Å². The molecule has 0 aliphatic rings. The Labute approximate surface area is 207 Å². The summed E-state index contributed by atoms with van der Waals surface area (Å²) in [5, 5.41) is 7.22. The van der Waals surface area contributed by atoms with Crippen LogP contribution in [0.4, 0.5) is 0 Å². The highest BCUT2D eigenvalue weighted by Gasteiger charge is 2.25. The zero-order valence-electron chi connectivity index (χ0n) is 18.9. The van der Waals surface area contributed by atoms with Crippen molar-refractivity contribution in [2.24, 2.45) is 16.8 Å². The first-order valence-corrected chi connectivity index (χ1v) is 11.1. The average Bonchev–Trinajstić information content (AvgIpc) is 2.76. The molecule has 182 valence electrons. The molecule has 9 nitrogen and oxygen atoms in total. The highest BCUT2D eigenvalue weighted by atomic mass is 35.5. The SMILES string of the molecule is CCOc1cc(/C=N/NC(=O)C(NC(=O)c2ccc(Cl)cc2Cl)C(C)C)ccc1OCC(N)=O. The molecule has 2 aromatic rings. The molecule has 0 radical (unpaired) electrons. The summed E-state index contributed by atoms with van der Waals surface area (Å²) in [7, 11) is 0. The van der Waals surface area contributed by atoms with Crippen molar-refractivity contribution in [1.29, 1.82) is 0 Å². The summed E-state index contributed by atoms with van der Waals surface area (Å²) in [4.78, 5) is 36.2. The lowest BCUT2D eigenvalue weighted by Gasteiger charge is -2.20. The number of rotatable bonds is 11. The smallest absolute Gasteiger partial charge is 0.262 e. The molecule has 2 aromatic carbocycles. The maximum Gasteiger partial charge on any atom is 0.262 e. The number of carbonyl (C=O) groups excluding carboxylic acids is 3. The van der Waals surface area contributed by atoms with Crippen molar-refractivity contribution >= 4 is 47.1 Å². The Hall–Kier alpha value is -3.30. The molecule has 0 spiro atoms. The van der Waals surface area contributed by atoms with Gasteiger partial charge in [-0.15, -0.1) is 0 Å². The van der Waals surface area contributed by atoms with Crippen LogP contribution in [0.1, 0.15) is 36.7 Å². The minimum atomic E-state index is -0.861. The van der Waals surface area contributed by atoms with Gasteiger partial charge in [0.05, 0.1) is 23.4 Å². The second-order valence-corrected chi connectivity index (χ2v) is 8.29. The van der Waals surface area contributed by atoms with Gasteiger partial charge in [0.1, 0.15) is 6.04 Å². The van der Waals surface area contributed by atoms with Gasteiger partial charge in [-0.05, 0) is 54.8 Å². The Kier molecular flexibility index (Phi) is 10.2.